The van der Waals surface area contributed by atoms with E-state index in [0.717, 1.165) is 18.8 Å². The van der Waals surface area contributed by atoms with Crippen molar-refractivity contribution in [3.05, 3.63) is 11.8 Å². The van der Waals surface area contributed by atoms with Crippen molar-refractivity contribution in [2.45, 2.75) is 19.4 Å². The first kappa shape index (κ1) is 13.7. The smallest absolute Gasteiger partial charge is 0.252 e. The van der Waals surface area contributed by atoms with Gasteiger partial charge in [0.05, 0.1) is 12.7 Å². The van der Waals surface area contributed by atoms with Crippen molar-refractivity contribution in [1.29, 1.82) is 0 Å². The van der Waals surface area contributed by atoms with E-state index in [1.165, 1.54) is 7.11 Å². The first-order valence-electron chi connectivity index (χ1n) is 6.05. The zero-order valence-electron chi connectivity index (χ0n) is 11.3. The van der Waals surface area contributed by atoms with Crippen molar-refractivity contribution in [3.8, 4) is 5.88 Å². The summed E-state index contributed by atoms with van der Waals surface area (Å²) in [5.74, 6) is 0.363. The van der Waals surface area contributed by atoms with Gasteiger partial charge in [0, 0.05) is 24.8 Å². The van der Waals surface area contributed by atoms with Crippen LogP contribution in [0.1, 0.15) is 12.6 Å². The van der Waals surface area contributed by atoms with E-state index in [1.54, 1.807) is 13.0 Å². The van der Waals surface area contributed by atoms with Crippen LogP contribution in [0.4, 0.5) is 5.95 Å². The molecule has 19 heavy (non-hydrogen) atoms. The van der Waals surface area contributed by atoms with Crippen LogP contribution >= 0.6 is 0 Å². The molecular weight excluding hydrogens is 248 g/mol. The van der Waals surface area contributed by atoms with E-state index >= 15 is 0 Å². The van der Waals surface area contributed by atoms with Crippen LogP contribution in [0.2, 0.25) is 0 Å². The van der Waals surface area contributed by atoms with Gasteiger partial charge in [0.1, 0.15) is 6.61 Å². The van der Waals surface area contributed by atoms with E-state index in [1.807, 2.05) is 6.92 Å². The SMILES string of the molecule is COc1cc(C)nc(NC(=O)COC2(C)CNC2)n1. The van der Waals surface area contributed by atoms with Crippen molar-refractivity contribution in [1.82, 2.24) is 15.3 Å². The second-order valence-corrected chi connectivity index (χ2v) is 4.77. The van der Waals surface area contributed by atoms with Crippen molar-refractivity contribution in [2.24, 2.45) is 0 Å². The number of aryl methyl sites for hydroxylation is 1. The third-order valence-corrected chi connectivity index (χ3v) is 2.84. The fourth-order valence-corrected chi connectivity index (χ4v) is 1.68. The minimum Gasteiger partial charge on any atom is -0.481 e. The third-order valence-electron chi connectivity index (χ3n) is 2.84. The average Bonchev–Trinajstić information content (AvgIpc) is 2.33. The molecule has 0 atom stereocenters. The lowest BCUT2D eigenvalue weighted by atomic mass is 10.0. The molecule has 0 spiro atoms. The molecule has 0 unspecified atom stereocenters. The number of anilines is 1. The normalized spacial score (nSPS) is 16.6. The first-order chi connectivity index (χ1) is 9.00. The summed E-state index contributed by atoms with van der Waals surface area (Å²) in [6, 6.07) is 1.69. The lowest BCUT2D eigenvalue weighted by Gasteiger charge is -2.38. The van der Waals surface area contributed by atoms with E-state index in [9.17, 15) is 4.79 Å². The van der Waals surface area contributed by atoms with Crippen molar-refractivity contribution in [2.75, 3.05) is 32.1 Å². The van der Waals surface area contributed by atoms with Crippen LogP contribution in [0.3, 0.4) is 0 Å². The summed E-state index contributed by atoms with van der Waals surface area (Å²) in [5.41, 5.74) is 0.473. The molecule has 0 radical (unpaired) electrons. The highest BCUT2D eigenvalue weighted by atomic mass is 16.5. The Balaban J connectivity index is 1.89. The van der Waals surface area contributed by atoms with Gasteiger partial charge in [-0.1, -0.05) is 0 Å². The minimum atomic E-state index is -0.277. The van der Waals surface area contributed by atoms with Crippen LogP contribution in [-0.2, 0) is 9.53 Å². The Kier molecular flexibility index (Phi) is 3.96. The second-order valence-electron chi connectivity index (χ2n) is 4.77. The highest BCUT2D eigenvalue weighted by molar-refractivity contribution is 5.90. The van der Waals surface area contributed by atoms with Crippen molar-refractivity contribution in [3.63, 3.8) is 0 Å². The number of hydrogen-bond donors (Lipinski definition) is 2. The number of ether oxygens (including phenoxy) is 2. The zero-order valence-corrected chi connectivity index (χ0v) is 11.3. The number of aromatic nitrogens is 2. The van der Waals surface area contributed by atoms with E-state index in [2.05, 4.69) is 20.6 Å². The van der Waals surface area contributed by atoms with E-state index in [-0.39, 0.29) is 24.1 Å². The molecule has 0 aromatic carbocycles. The van der Waals surface area contributed by atoms with E-state index in [4.69, 9.17) is 9.47 Å². The molecule has 2 N–H and O–H groups in total. The second kappa shape index (κ2) is 5.50. The topological polar surface area (TPSA) is 85.4 Å². The summed E-state index contributed by atoms with van der Waals surface area (Å²) in [7, 11) is 1.51. The Hall–Kier alpha value is -1.73. The monoisotopic (exact) mass is 266 g/mol. The summed E-state index contributed by atoms with van der Waals surface area (Å²) in [6.07, 6.45) is 0. The molecule has 7 heteroatoms. The number of methoxy groups -OCH3 is 1. The van der Waals surface area contributed by atoms with Crippen molar-refractivity contribution >= 4 is 11.9 Å². The number of rotatable bonds is 5. The van der Waals surface area contributed by atoms with Gasteiger partial charge in [0.2, 0.25) is 11.8 Å². The third kappa shape index (κ3) is 3.62. The van der Waals surface area contributed by atoms with Gasteiger partial charge in [-0.2, -0.15) is 4.98 Å². The Morgan fingerprint density at radius 1 is 1.53 bits per heavy atom. The Morgan fingerprint density at radius 3 is 2.84 bits per heavy atom. The number of hydrogen-bond acceptors (Lipinski definition) is 6. The van der Waals surface area contributed by atoms with Crippen LogP contribution in [0.25, 0.3) is 0 Å². The van der Waals surface area contributed by atoms with Crippen LogP contribution in [0.15, 0.2) is 6.07 Å². The van der Waals surface area contributed by atoms with Crippen molar-refractivity contribution < 1.29 is 14.3 Å². The van der Waals surface area contributed by atoms with Gasteiger partial charge in [-0.15, -0.1) is 0 Å². The van der Waals surface area contributed by atoms with Gasteiger partial charge >= 0.3 is 0 Å². The molecule has 1 aliphatic heterocycles. The highest BCUT2D eigenvalue weighted by Crippen LogP contribution is 2.15. The van der Waals surface area contributed by atoms with Crippen LogP contribution in [0, 0.1) is 6.92 Å². The molecule has 1 aliphatic rings. The number of carbonyl (C=O) groups excluding carboxylic acids is 1. The van der Waals surface area contributed by atoms with Gasteiger partial charge in [-0.3, -0.25) is 10.1 Å². The Labute approximate surface area is 111 Å². The largest absolute Gasteiger partial charge is 0.481 e. The molecular formula is C12H18N4O3. The molecule has 2 heterocycles. The molecule has 7 nitrogen and oxygen atoms in total. The molecule has 0 bridgehead atoms. The highest BCUT2D eigenvalue weighted by Gasteiger charge is 2.33. The van der Waals surface area contributed by atoms with Crippen LogP contribution < -0.4 is 15.4 Å². The minimum absolute atomic E-state index is 0.0161. The fraction of sp³-hybridized carbons (Fsp3) is 0.583. The van der Waals surface area contributed by atoms with Gasteiger partial charge < -0.3 is 14.8 Å². The first-order valence-corrected chi connectivity index (χ1v) is 6.05. The maximum Gasteiger partial charge on any atom is 0.252 e. The summed E-state index contributed by atoms with van der Waals surface area (Å²) < 4.78 is 10.5. The van der Waals surface area contributed by atoms with Crippen LogP contribution in [0.5, 0.6) is 5.88 Å². The maximum absolute atomic E-state index is 11.7. The summed E-state index contributed by atoms with van der Waals surface area (Å²) >= 11 is 0. The van der Waals surface area contributed by atoms with E-state index in [0.29, 0.717) is 5.88 Å². The van der Waals surface area contributed by atoms with Gasteiger partial charge in [0.25, 0.3) is 5.91 Å². The predicted molar refractivity (Wildman–Crippen MR) is 69.2 cm³/mol. The van der Waals surface area contributed by atoms with Gasteiger partial charge in [0.15, 0.2) is 0 Å². The zero-order chi connectivity index (χ0) is 13.9. The lowest BCUT2D eigenvalue weighted by Crippen LogP contribution is -2.59. The van der Waals surface area contributed by atoms with Gasteiger partial charge in [-0.25, -0.2) is 4.98 Å². The number of amides is 1. The summed E-state index contributed by atoms with van der Waals surface area (Å²) in [6.45, 7) is 5.27. The Bertz CT molecular complexity index is 474. The van der Waals surface area contributed by atoms with Gasteiger partial charge in [-0.05, 0) is 13.8 Å². The molecule has 1 saturated heterocycles. The van der Waals surface area contributed by atoms with E-state index < -0.39 is 0 Å². The number of carbonyl (C=O) groups is 1. The quantitative estimate of drug-likeness (QED) is 0.787. The number of nitrogens with zero attached hydrogens (tertiary/aromatic N) is 2. The molecule has 0 saturated carbocycles. The Morgan fingerprint density at radius 2 is 2.26 bits per heavy atom. The molecule has 1 amide bonds. The molecule has 1 fully saturated rings. The summed E-state index contributed by atoms with van der Waals surface area (Å²) in [4.78, 5) is 19.9. The molecule has 104 valence electrons. The standard InChI is InChI=1S/C12H18N4O3/c1-8-4-10(18-3)16-11(14-8)15-9(17)5-19-12(2)6-13-7-12/h4,13H,5-7H2,1-3H3,(H,14,15,16,17). The average molecular weight is 266 g/mol. The molecule has 0 aliphatic carbocycles. The molecule has 2 rings (SSSR count). The predicted octanol–water partition coefficient (Wildman–Crippen LogP) is 0.111. The number of nitrogens with one attached hydrogen (secondary N) is 2. The summed E-state index contributed by atoms with van der Waals surface area (Å²) in [5, 5.41) is 5.69. The molecule has 1 aromatic heterocycles. The molecule has 1 aromatic rings. The van der Waals surface area contributed by atoms with Crippen LogP contribution in [-0.4, -0.2) is 48.3 Å². The fourth-order valence-electron chi connectivity index (χ4n) is 1.68. The lowest BCUT2D eigenvalue weighted by molar-refractivity contribution is -0.130. The maximum atomic E-state index is 11.7.